The minimum Gasteiger partial charge on any atom is -0.383 e. The Bertz CT molecular complexity index is 1440. The number of morpholine rings is 1. The molecule has 0 saturated carbocycles. The Kier molecular flexibility index (Phi) is 6.07. The molecule has 4 aromatic rings. The molecule has 190 valence electrons. The van der Waals surface area contributed by atoms with Crippen LogP contribution in [0.5, 0.6) is 0 Å². The fraction of sp³-hybridized carbons (Fsp3) is 0.308. The van der Waals surface area contributed by atoms with Gasteiger partial charge in [-0.1, -0.05) is 12.1 Å². The van der Waals surface area contributed by atoms with Gasteiger partial charge in [-0.15, -0.1) is 0 Å². The number of anilines is 4. The zero-order chi connectivity index (χ0) is 25.4. The van der Waals surface area contributed by atoms with E-state index < -0.39 is 0 Å². The van der Waals surface area contributed by atoms with Gasteiger partial charge in [0.25, 0.3) is 0 Å². The highest BCUT2D eigenvalue weighted by Gasteiger charge is 2.27. The van der Waals surface area contributed by atoms with E-state index in [-0.39, 0.29) is 12.1 Å². The predicted molar refractivity (Wildman–Crippen MR) is 142 cm³/mol. The Hall–Kier alpha value is -4.22. The van der Waals surface area contributed by atoms with Crippen molar-refractivity contribution in [3.8, 4) is 11.3 Å². The fourth-order valence-corrected chi connectivity index (χ4v) is 4.71. The molecular weight excluding hydrogens is 472 g/mol. The van der Waals surface area contributed by atoms with Gasteiger partial charge in [-0.2, -0.15) is 5.10 Å². The van der Waals surface area contributed by atoms with Gasteiger partial charge >= 0.3 is 6.03 Å². The van der Waals surface area contributed by atoms with Gasteiger partial charge in [0.05, 0.1) is 31.8 Å². The largest absolute Gasteiger partial charge is 0.383 e. The van der Waals surface area contributed by atoms with Crippen LogP contribution in [0.3, 0.4) is 0 Å². The van der Waals surface area contributed by atoms with Crippen molar-refractivity contribution in [2.24, 2.45) is 0 Å². The highest BCUT2D eigenvalue weighted by atomic mass is 16.5. The number of urea groups is 1. The van der Waals surface area contributed by atoms with Crippen LogP contribution < -0.4 is 21.3 Å². The molecule has 0 atom stereocenters. The number of rotatable bonds is 5. The molecule has 0 aliphatic carbocycles. The van der Waals surface area contributed by atoms with E-state index in [4.69, 9.17) is 20.3 Å². The van der Waals surface area contributed by atoms with Crippen LogP contribution in [0.1, 0.15) is 11.6 Å². The molecule has 2 aliphatic rings. The lowest BCUT2D eigenvalue weighted by atomic mass is 10.1. The number of ether oxygens (including phenoxy) is 2. The van der Waals surface area contributed by atoms with E-state index >= 15 is 0 Å². The highest BCUT2D eigenvalue weighted by molar-refractivity contribution is 6.01. The van der Waals surface area contributed by atoms with Crippen LogP contribution in [-0.2, 0) is 9.47 Å². The number of aryl methyl sites for hydroxylation is 1. The molecule has 4 N–H and O–H groups in total. The topological polar surface area (TPSA) is 132 Å². The average molecular weight is 501 g/mol. The Labute approximate surface area is 213 Å². The van der Waals surface area contributed by atoms with Gasteiger partial charge in [-0.3, -0.25) is 0 Å². The van der Waals surface area contributed by atoms with Crippen molar-refractivity contribution in [1.82, 2.24) is 19.7 Å². The standard InChI is InChI=1S/C26H28N8O3/c1-16-12-19(6-7-21(16)33-8-10-36-11-9-33)31-26(35)30-18-4-2-17(3-5-18)23-22-24(27)28-15-29-25(22)34(32-23)20-13-37-14-20/h2-7,12,15,20H,8-11,13-14H2,1H3,(H2,27,28,29)(H2,30,31,35). The summed E-state index contributed by atoms with van der Waals surface area (Å²) >= 11 is 0. The first kappa shape index (κ1) is 23.2. The second-order valence-corrected chi connectivity index (χ2v) is 9.20. The number of aromatic nitrogens is 4. The van der Waals surface area contributed by atoms with E-state index in [1.165, 1.54) is 6.33 Å². The van der Waals surface area contributed by atoms with Crippen LogP contribution in [0, 0.1) is 6.92 Å². The third-order valence-electron chi connectivity index (χ3n) is 6.71. The molecule has 6 rings (SSSR count). The summed E-state index contributed by atoms with van der Waals surface area (Å²) in [5.41, 5.74) is 12.1. The SMILES string of the molecule is Cc1cc(NC(=O)Nc2ccc(-c3nn(C4COC4)c4ncnc(N)c34)cc2)ccc1N1CCOCC1. The van der Waals surface area contributed by atoms with Crippen molar-refractivity contribution in [3.05, 3.63) is 54.4 Å². The molecular formula is C26H28N8O3. The summed E-state index contributed by atoms with van der Waals surface area (Å²) in [5.74, 6) is 0.378. The number of hydrogen-bond acceptors (Lipinski definition) is 8. The number of benzene rings is 2. The third kappa shape index (κ3) is 4.54. The lowest BCUT2D eigenvalue weighted by Crippen LogP contribution is -2.36. The first-order chi connectivity index (χ1) is 18.1. The minimum atomic E-state index is -0.316. The number of nitrogen functional groups attached to an aromatic ring is 1. The molecule has 2 aromatic heterocycles. The second kappa shape index (κ2) is 9.68. The van der Waals surface area contributed by atoms with E-state index in [9.17, 15) is 4.79 Å². The highest BCUT2D eigenvalue weighted by Crippen LogP contribution is 2.33. The Morgan fingerprint density at radius 3 is 2.43 bits per heavy atom. The number of nitrogens with zero attached hydrogens (tertiary/aromatic N) is 5. The van der Waals surface area contributed by atoms with Gasteiger partial charge in [-0.05, 0) is 42.8 Å². The lowest BCUT2D eigenvalue weighted by Gasteiger charge is -2.30. The molecule has 4 heterocycles. The van der Waals surface area contributed by atoms with E-state index in [0.717, 1.165) is 48.8 Å². The molecule has 0 bridgehead atoms. The Morgan fingerprint density at radius 1 is 1.00 bits per heavy atom. The quantitative estimate of drug-likeness (QED) is 0.380. The zero-order valence-electron chi connectivity index (χ0n) is 20.5. The second-order valence-electron chi connectivity index (χ2n) is 9.20. The number of fused-ring (bicyclic) bond motifs is 1. The molecule has 11 nitrogen and oxygen atoms in total. The third-order valence-corrected chi connectivity index (χ3v) is 6.71. The smallest absolute Gasteiger partial charge is 0.323 e. The maximum atomic E-state index is 12.7. The Morgan fingerprint density at radius 2 is 1.73 bits per heavy atom. The molecule has 0 spiro atoms. The van der Waals surface area contributed by atoms with Crippen LogP contribution >= 0.6 is 0 Å². The molecule has 0 unspecified atom stereocenters. The van der Waals surface area contributed by atoms with E-state index in [1.54, 1.807) is 0 Å². The molecule has 0 radical (unpaired) electrons. The average Bonchev–Trinajstić information content (AvgIpc) is 3.24. The summed E-state index contributed by atoms with van der Waals surface area (Å²) in [4.78, 5) is 23.5. The van der Waals surface area contributed by atoms with Crippen LogP contribution in [-0.4, -0.2) is 65.3 Å². The van der Waals surface area contributed by atoms with Crippen molar-refractivity contribution in [2.75, 3.05) is 60.8 Å². The summed E-state index contributed by atoms with van der Waals surface area (Å²) in [6.45, 7) is 6.43. The van der Waals surface area contributed by atoms with Crippen molar-refractivity contribution in [3.63, 3.8) is 0 Å². The summed E-state index contributed by atoms with van der Waals surface area (Å²) < 4.78 is 12.6. The summed E-state index contributed by atoms with van der Waals surface area (Å²) in [5, 5.41) is 11.3. The first-order valence-electron chi connectivity index (χ1n) is 12.2. The summed E-state index contributed by atoms with van der Waals surface area (Å²) in [6.07, 6.45) is 1.45. The molecule has 2 aromatic carbocycles. The van der Waals surface area contributed by atoms with Gasteiger partial charge in [0.1, 0.15) is 23.9 Å². The molecule has 2 aliphatic heterocycles. The number of nitrogens with one attached hydrogen (secondary N) is 2. The van der Waals surface area contributed by atoms with E-state index in [1.807, 2.05) is 54.1 Å². The van der Waals surface area contributed by atoms with Gasteiger partial charge in [0.2, 0.25) is 0 Å². The van der Waals surface area contributed by atoms with Gasteiger partial charge < -0.3 is 30.7 Å². The normalized spacial score (nSPS) is 16.0. The molecule has 11 heteroatoms. The monoisotopic (exact) mass is 500 g/mol. The van der Waals surface area contributed by atoms with Gasteiger partial charge in [-0.25, -0.2) is 19.4 Å². The maximum absolute atomic E-state index is 12.7. The summed E-state index contributed by atoms with van der Waals surface area (Å²) in [7, 11) is 0. The predicted octanol–water partition coefficient (Wildman–Crippen LogP) is 3.44. The van der Waals surface area contributed by atoms with Crippen molar-refractivity contribution < 1.29 is 14.3 Å². The van der Waals surface area contributed by atoms with E-state index in [0.29, 0.717) is 41.4 Å². The maximum Gasteiger partial charge on any atom is 0.323 e. The number of nitrogens with two attached hydrogens (primary N) is 1. The number of carbonyl (C=O) groups is 1. The van der Waals surface area contributed by atoms with Crippen LogP contribution in [0.25, 0.3) is 22.3 Å². The van der Waals surface area contributed by atoms with Gasteiger partial charge in [0, 0.05) is 35.7 Å². The zero-order valence-corrected chi connectivity index (χ0v) is 20.5. The van der Waals surface area contributed by atoms with Crippen molar-refractivity contribution in [1.29, 1.82) is 0 Å². The summed E-state index contributed by atoms with van der Waals surface area (Å²) in [6, 6.07) is 13.2. The molecule has 2 amide bonds. The number of amides is 2. The van der Waals surface area contributed by atoms with Gasteiger partial charge in [0.15, 0.2) is 5.65 Å². The van der Waals surface area contributed by atoms with E-state index in [2.05, 4.69) is 25.5 Å². The molecule has 2 saturated heterocycles. The fourth-order valence-electron chi connectivity index (χ4n) is 4.71. The molecule has 37 heavy (non-hydrogen) atoms. The molecule has 2 fully saturated rings. The number of carbonyl (C=O) groups excluding carboxylic acids is 1. The lowest BCUT2D eigenvalue weighted by molar-refractivity contribution is -0.0268. The van der Waals surface area contributed by atoms with Crippen molar-refractivity contribution >= 4 is 39.9 Å². The number of hydrogen-bond donors (Lipinski definition) is 3. The van der Waals surface area contributed by atoms with Crippen LogP contribution in [0.2, 0.25) is 0 Å². The first-order valence-corrected chi connectivity index (χ1v) is 12.2. The van der Waals surface area contributed by atoms with Crippen molar-refractivity contribution in [2.45, 2.75) is 13.0 Å². The van der Waals surface area contributed by atoms with Crippen LogP contribution in [0.4, 0.5) is 27.7 Å². The Balaban J connectivity index is 1.16. The minimum absolute atomic E-state index is 0.127. The van der Waals surface area contributed by atoms with Crippen LogP contribution in [0.15, 0.2) is 48.8 Å².